The topological polar surface area (TPSA) is 98.1 Å². The SMILES string of the molecule is C/C=C1/C(C#N)=C(N(C(=O)OC(C)(C)C)C(=O)OC(C)(C)C)CC(c2c(C)ccc(OC)c2C)/C1=C1/CC=C(C)O1. The molecule has 1 aromatic carbocycles. The molecule has 0 fully saturated rings. The van der Waals surface area contributed by atoms with Gasteiger partial charge in [0.05, 0.1) is 24.1 Å². The van der Waals surface area contributed by atoms with Crippen LogP contribution in [-0.2, 0) is 14.2 Å². The number of methoxy groups -OCH3 is 1. The summed E-state index contributed by atoms with van der Waals surface area (Å²) in [6.45, 7) is 18.0. The molecule has 220 valence electrons. The lowest BCUT2D eigenvalue weighted by Gasteiger charge is -2.37. The van der Waals surface area contributed by atoms with Crippen molar-refractivity contribution in [2.75, 3.05) is 7.11 Å². The van der Waals surface area contributed by atoms with E-state index in [-0.39, 0.29) is 23.6 Å². The van der Waals surface area contributed by atoms with E-state index < -0.39 is 23.4 Å². The number of ether oxygens (including phenoxy) is 4. The third kappa shape index (κ3) is 6.84. The summed E-state index contributed by atoms with van der Waals surface area (Å²) < 4.78 is 23.2. The van der Waals surface area contributed by atoms with E-state index in [1.165, 1.54) is 0 Å². The summed E-state index contributed by atoms with van der Waals surface area (Å²) in [5, 5.41) is 10.5. The lowest BCUT2D eigenvalue weighted by Crippen LogP contribution is -2.44. The lowest BCUT2D eigenvalue weighted by atomic mass is 9.72. The quantitative estimate of drug-likeness (QED) is 0.365. The summed E-state index contributed by atoms with van der Waals surface area (Å²) in [7, 11) is 1.62. The van der Waals surface area contributed by atoms with Crippen molar-refractivity contribution in [2.45, 2.75) is 99.2 Å². The highest BCUT2D eigenvalue weighted by atomic mass is 16.6. The fourth-order valence-corrected chi connectivity index (χ4v) is 5.28. The molecule has 0 spiro atoms. The van der Waals surface area contributed by atoms with Gasteiger partial charge in [-0.15, -0.1) is 0 Å². The summed E-state index contributed by atoms with van der Waals surface area (Å²) in [5.41, 5.74) is 2.95. The highest BCUT2D eigenvalue weighted by molar-refractivity contribution is 5.91. The summed E-state index contributed by atoms with van der Waals surface area (Å²) in [5.74, 6) is 1.85. The van der Waals surface area contributed by atoms with Crippen LogP contribution in [0.2, 0.25) is 0 Å². The second-order valence-corrected chi connectivity index (χ2v) is 12.3. The predicted octanol–water partition coefficient (Wildman–Crippen LogP) is 8.27. The Labute approximate surface area is 243 Å². The van der Waals surface area contributed by atoms with Crippen LogP contribution in [0, 0.1) is 25.2 Å². The average molecular weight is 563 g/mol. The number of aryl methyl sites for hydroxylation is 1. The Kier molecular flexibility index (Phi) is 9.12. The van der Waals surface area contributed by atoms with E-state index in [4.69, 9.17) is 18.9 Å². The number of carbonyl (C=O) groups is 2. The minimum Gasteiger partial charge on any atom is -0.496 e. The summed E-state index contributed by atoms with van der Waals surface area (Å²) in [6.07, 6.45) is 2.72. The lowest BCUT2D eigenvalue weighted by molar-refractivity contribution is 0.00733. The van der Waals surface area contributed by atoms with Gasteiger partial charge in [-0.25, -0.2) is 9.59 Å². The second-order valence-electron chi connectivity index (χ2n) is 12.3. The van der Waals surface area contributed by atoms with Gasteiger partial charge in [0, 0.05) is 24.3 Å². The van der Waals surface area contributed by atoms with Crippen LogP contribution < -0.4 is 4.74 Å². The highest BCUT2D eigenvalue weighted by Gasteiger charge is 2.43. The molecule has 0 N–H and O–H groups in total. The number of nitriles is 1. The minimum absolute atomic E-state index is 0.148. The van der Waals surface area contributed by atoms with E-state index in [1.54, 1.807) is 48.7 Å². The molecule has 1 heterocycles. The maximum absolute atomic E-state index is 13.7. The van der Waals surface area contributed by atoms with Crippen molar-refractivity contribution in [3.8, 4) is 11.8 Å². The van der Waals surface area contributed by atoms with Gasteiger partial charge in [0.25, 0.3) is 0 Å². The largest absolute Gasteiger partial charge is 0.496 e. The number of nitrogens with zero attached hydrogens (tertiary/aromatic N) is 2. The number of hydrogen-bond acceptors (Lipinski definition) is 7. The number of amides is 2. The molecule has 2 aliphatic rings. The first-order chi connectivity index (χ1) is 19.0. The molecule has 41 heavy (non-hydrogen) atoms. The van der Waals surface area contributed by atoms with Gasteiger partial charge < -0.3 is 18.9 Å². The zero-order valence-corrected chi connectivity index (χ0v) is 26.1. The third-order valence-electron chi connectivity index (χ3n) is 6.83. The first-order valence-corrected chi connectivity index (χ1v) is 13.8. The van der Waals surface area contributed by atoms with E-state index in [0.717, 1.165) is 38.7 Å². The highest BCUT2D eigenvalue weighted by Crippen LogP contribution is 2.50. The molecule has 3 rings (SSSR count). The molecule has 0 bridgehead atoms. The van der Waals surface area contributed by atoms with Crippen LogP contribution in [0.3, 0.4) is 0 Å². The first kappa shape index (κ1) is 31.5. The fourth-order valence-electron chi connectivity index (χ4n) is 5.28. The number of rotatable bonds is 3. The smallest absolute Gasteiger partial charge is 0.424 e. The van der Waals surface area contributed by atoms with Crippen LogP contribution in [0.4, 0.5) is 9.59 Å². The van der Waals surface area contributed by atoms with Crippen molar-refractivity contribution >= 4 is 12.2 Å². The molecule has 1 aliphatic carbocycles. The molecule has 0 saturated carbocycles. The monoisotopic (exact) mass is 562 g/mol. The van der Waals surface area contributed by atoms with E-state index in [9.17, 15) is 14.9 Å². The van der Waals surface area contributed by atoms with E-state index in [2.05, 4.69) is 6.07 Å². The summed E-state index contributed by atoms with van der Waals surface area (Å²) >= 11 is 0. The Bertz CT molecular complexity index is 1380. The van der Waals surface area contributed by atoms with Gasteiger partial charge in [0.15, 0.2) is 0 Å². The van der Waals surface area contributed by atoms with Gasteiger partial charge in [0.1, 0.15) is 28.8 Å². The maximum atomic E-state index is 13.7. The fraction of sp³-hybridized carbons (Fsp3) is 0.485. The molecule has 1 aliphatic heterocycles. The number of allylic oxidation sites excluding steroid dienone is 7. The maximum Gasteiger partial charge on any atom is 0.424 e. The van der Waals surface area contributed by atoms with Crippen molar-refractivity contribution in [3.63, 3.8) is 0 Å². The van der Waals surface area contributed by atoms with Crippen molar-refractivity contribution in [1.29, 1.82) is 5.26 Å². The third-order valence-corrected chi connectivity index (χ3v) is 6.83. The van der Waals surface area contributed by atoms with Crippen LogP contribution in [0.5, 0.6) is 5.75 Å². The molecular formula is C33H42N2O6. The number of benzene rings is 1. The Morgan fingerprint density at radius 3 is 2.07 bits per heavy atom. The zero-order valence-electron chi connectivity index (χ0n) is 26.1. The zero-order chi connectivity index (χ0) is 30.9. The van der Waals surface area contributed by atoms with Gasteiger partial charge in [0.2, 0.25) is 0 Å². The van der Waals surface area contributed by atoms with Crippen molar-refractivity contribution in [1.82, 2.24) is 4.90 Å². The molecular weight excluding hydrogens is 520 g/mol. The van der Waals surface area contributed by atoms with Crippen LogP contribution in [-0.4, -0.2) is 35.4 Å². The average Bonchev–Trinajstić information content (AvgIpc) is 3.27. The van der Waals surface area contributed by atoms with E-state index in [0.29, 0.717) is 17.7 Å². The Balaban J connectivity index is 2.39. The Morgan fingerprint density at radius 2 is 1.63 bits per heavy atom. The second kappa shape index (κ2) is 11.9. The predicted molar refractivity (Wildman–Crippen MR) is 157 cm³/mol. The molecule has 1 unspecified atom stereocenters. The van der Waals surface area contributed by atoms with Crippen molar-refractivity contribution in [3.05, 3.63) is 74.9 Å². The molecule has 8 heteroatoms. The van der Waals surface area contributed by atoms with Gasteiger partial charge in [-0.1, -0.05) is 12.1 Å². The normalized spacial score (nSPS) is 20.3. The van der Waals surface area contributed by atoms with Crippen LogP contribution >= 0.6 is 0 Å². The number of hydrogen-bond donors (Lipinski definition) is 0. The van der Waals surface area contributed by atoms with Crippen LogP contribution in [0.15, 0.2) is 58.2 Å². The molecule has 0 aromatic heterocycles. The molecule has 2 amide bonds. The van der Waals surface area contributed by atoms with Crippen molar-refractivity contribution < 1.29 is 28.5 Å². The van der Waals surface area contributed by atoms with Crippen LogP contribution in [0.25, 0.3) is 0 Å². The Hall–Kier alpha value is -3.99. The molecule has 0 radical (unpaired) electrons. The standard InChI is InChI=1S/C33H42N2O6/c1-12-22-24(18-34)25(35(30(36)40-32(5,6)7)31(37)41-33(8,9)10)17-23(29(22)27-16-14-20(3)39-27)28-19(2)13-15-26(38-11)21(28)4/h12-15,23H,16-17H2,1-11H3/b22-12-,29-27-. The van der Waals surface area contributed by atoms with E-state index >= 15 is 0 Å². The van der Waals surface area contributed by atoms with Crippen molar-refractivity contribution in [2.24, 2.45) is 0 Å². The van der Waals surface area contributed by atoms with Crippen LogP contribution in [0.1, 0.15) is 90.8 Å². The number of carbonyl (C=O) groups excluding carboxylic acids is 2. The number of imide groups is 1. The van der Waals surface area contributed by atoms with Gasteiger partial charge in [-0.3, -0.25) is 0 Å². The van der Waals surface area contributed by atoms with Gasteiger partial charge in [-0.05, 0) is 104 Å². The van der Waals surface area contributed by atoms with E-state index in [1.807, 2.05) is 52.0 Å². The van der Waals surface area contributed by atoms with Gasteiger partial charge >= 0.3 is 12.2 Å². The first-order valence-electron chi connectivity index (χ1n) is 13.8. The van der Waals surface area contributed by atoms with Gasteiger partial charge in [-0.2, -0.15) is 10.2 Å². The summed E-state index contributed by atoms with van der Waals surface area (Å²) in [4.78, 5) is 28.2. The minimum atomic E-state index is -0.909. The molecule has 0 saturated heterocycles. The molecule has 8 nitrogen and oxygen atoms in total. The molecule has 1 aromatic rings. The molecule has 1 atom stereocenters. The summed E-state index contributed by atoms with van der Waals surface area (Å²) in [6, 6.07) is 6.19. The Morgan fingerprint density at radius 1 is 1.05 bits per heavy atom.